The van der Waals surface area contributed by atoms with Crippen molar-refractivity contribution in [2.75, 3.05) is 26.0 Å². The number of ether oxygens (including phenoxy) is 3. The molecule has 0 radical (unpaired) electrons. The third kappa shape index (κ3) is 5.50. The third-order valence-corrected chi connectivity index (χ3v) is 9.94. The van der Waals surface area contributed by atoms with E-state index in [2.05, 4.69) is 24.7 Å². The van der Waals surface area contributed by atoms with Crippen molar-refractivity contribution in [1.29, 1.82) is 0 Å². The zero-order valence-electron chi connectivity index (χ0n) is 24.2. The first-order valence-electron chi connectivity index (χ1n) is 13.7. The van der Waals surface area contributed by atoms with Crippen LogP contribution in [0, 0.1) is 5.82 Å². The SMILES string of the molecule is COC1C2COP(=O)(O)OC3C(CNS(=O)(=O)OC1C(n1cc(F)c4c(=O)n(C)cnc41)O2)OC(n1cnc2c(N)ncnc21)C3F. The van der Waals surface area contributed by atoms with Crippen molar-refractivity contribution in [3.05, 3.63) is 41.3 Å². The Balaban J connectivity index is 1.23. The number of imidazole rings is 1. The van der Waals surface area contributed by atoms with Gasteiger partial charge in [-0.2, -0.15) is 13.1 Å². The number of halogens is 2. The zero-order chi connectivity index (χ0) is 33.4. The van der Waals surface area contributed by atoms with Crippen molar-refractivity contribution in [3.8, 4) is 0 Å². The number of aromatic nitrogens is 7. The fourth-order valence-corrected chi connectivity index (χ4v) is 7.70. The number of nitrogens with zero attached hydrogens (tertiary/aromatic N) is 7. The van der Waals surface area contributed by atoms with Crippen LogP contribution in [0.25, 0.3) is 22.2 Å². The Kier molecular flexibility index (Phi) is 7.90. The Morgan fingerprint density at radius 3 is 2.64 bits per heavy atom. The quantitative estimate of drug-likeness (QED) is 0.220. The van der Waals surface area contributed by atoms with E-state index in [-0.39, 0.29) is 22.6 Å². The molecule has 3 fully saturated rings. The van der Waals surface area contributed by atoms with Crippen LogP contribution in [0.15, 0.2) is 30.0 Å². The minimum atomic E-state index is -5.13. The Bertz CT molecular complexity index is 2080. The highest BCUT2D eigenvalue weighted by Crippen LogP contribution is 2.50. The smallest absolute Gasteiger partial charge is 0.382 e. The molecule has 0 aromatic carbocycles. The van der Waals surface area contributed by atoms with Gasteiger partial charge in [-0.15, -0.1) is 0 Å². The summed E-state index contributed by atoms with van der Waals surface area (Å²) in [5, 5.41) is -0.408. The number of hydrogen-bond acceptors (Lipinski definition) is 15. The maximum Gasteiger partial charge on any atom is 0.472 e. The van der Waals surface area contributed by atoms with Gasteiger partial charge in [0.25, 0.3) is 5.56 Å². The highest BCUT2D eigenvalue weighted by molar-refractivity contribution is 7.84. The highest BCUT2D eigenvalue weighted by atomic mass is 32.2. The zero-order valence-corrected chi connectivity index (χ0v) is 25.9. The highest BCUT2D eigenvalue weighted by Gasteiger charge is 2.54. The molecule has 0 spiro atoms. The van der Waals surface area contributed by atoms with Crippen LogP contribution in [0.1, 0.15) is 12.5 Å². The van der Waals surface area contributed by atoms with Crippen molar-refractivity contribution in [2.45, 2.75) is 49.1 Å². The number of rotatable bonds is 3. The molecule has 2 bridgehead atoms. The van der Waals surface area contributed by atoms with Crippen LogP contribution in [0.5, 0.6) is 0 Å². The number of nitrogens with one attached hydrogen (secondary N) is 1. The van der Waals surface area contributed by atoms with Gasteiger partial charge in [-0.25, -0.2) is 37.5 Å². The van der Waals surface area contributed by atoms with Crippen LogP contribution in [-0.4, -0.2) is 104 Å². The molecule has 47 heavy (non-hydrogen) atoms. The lowest BCUT2D eigenvalue weighted by Crippen LogP contribution is -2.44. The third-order valence-electron chi connectivity index (χ3n) is 7.96. The Hall–Kier alpha value is -3.51. The van der Waals surface area contributed by atoms with E-state index in [0.717, 1.165) is 38.9 Å². The van der Waals surface area contributed by atoms with Gasteiger partial charge in [-0.05, 0) is 0 Å². The van der Waals surface area contributed by atoms with Gasteiger partial charge in [0.05, 0.1) is 19.3 Å². The molecule has 4 N–H and O–H groups in total. The van der Waals surface area contributed by atoms with Crippen molar-refractivity contribution in [2.24, 2.45) is 7.05 Å². The van der Waals surface area contributed by atoms with Crippen LogP contribution in [0.4, 0.5) is 14.6 Å². The lowest BCUT2D eigenvalue weighted by molar-refractivity contribution is -0.0571. The van der Waals surface area contributed by atoms with Crippen molar-refractivity contribution in [3.63, 3.8) is 0 Å². The predicted octanol–water partition coefficient (Wildman–Crippen LogP) is -0.820. The molecule has 0 amide bonds. The second-order valence-corrected chi connectivity index (χ2v) is 13.6. The summed E-state index contributed by atoms with van der Waals surface area (Å²) in [5.74, 6) is -0.981. The van der Waals surface area contributed by atoms with E-state index in [4.69, 9.17) is 33.2 Å². The summed E-state index contributed by atoms with van der Waals surface area (Å²) in [4.78, 5) is 39.3. The number of hydrogen-bond donors (Lipinski definition) is 3. The molecule has 0 aliphatic carbocycles. The number of fused-ring (bicyclic) bond motifs is 5. The van der Waals surface area contributed by atoms with Crippen LogP contribution in [0.3, 0.4) is 0 Å². The molecule has 4 aromatic rings. The van der Waals surface area contributed by atoms with E-state index in [1.54, 1.807) is 0 Å². The first kappa shape index (κ1) is 32.1. The average molecular weight is 706 g/mol. The van der Waals surface area contributed by atoms with Crippen molar-refractivity contribution < 1.29 is 54.1 Å². The lowest BCUT2D eigenvalue weighted by Gasteiger charge is -2.24. The maximum atomic E-state index is 16.0. The minimum absolute atomic E-state index is 0.00227. The number of alkyl halides is 1. The van der Waals surface area contributed by atoms with Crippen LogP contribution < -0.4 is 16.0 Å². The molecular formula is C23H26F2N9O11PS. The van der Waals surface area contributed by atoms with E-state index >= 15 is 8.78 Å². The minimum Gasteiger partial charge on any atom is -0.382 e. The molecular weight excluding hydrogens is 679 g/mol. The average Bonchev–Trinajstić information content (AvgIpc) is 3.76. The first-order valence-corrected chi connectivity index (χ1v) is 16.6. The number of anilines is 1. The van der Waals surface area contributed by atoms with Gasteiger partial charge in [0.15, 0.2) is 47.7 Å². The lowest BCUT2D eigenvalue weighted by atomic mass is 10.1. The normalized spacial score (nSPS) is 34.6. The summed E-state index contributed by atoms with van der Waals surface area (Å²) in [6.45, 7) is -1.50. The monoisotopic (exact) mass is 705 g/mol. The summed E-state index contributed by atoms with van der Waals surface area (Å²) in [6, 6.07) is 0. The second kappa shape index (κ2) is 11.6. The van der Waals surface area contributed by atoms with Crippen molar-refractivity contribution in [1.82, 2.24) is 38.4 Å². The number of aryl methyl sites for hydroxylation is 1. The predicted molar refractivity (Wildman–Crippen MR) is 151 cm³/mol. The first-order chi connectivity index (χ1) is 22.3. The topological polar surface area (TPSA) is 248 Å². The van der Waals surface area contributed by atoms with Gasteiger partial charge in [0.2, 0.25) is 0 Å². The van der Waals surface area contributed by atoms with Crippen LogP contribution in [0.2, 0.25) is 0 Å². The Labute approximate surface area is 262 Å². The summed E-state index contributed by atoms with van der Waals surface area (Å²) in [7, 11) is -7.37. The summed E-state index contributed by atoms with van der Waals surface area (Å²) < 4.78 is 109. The van der Waals surface area contributed by atoms with Gasteiger partial charge in [0.1, 0.15) is 41.6 Å². The standard InChI is InChI=1S/C23H26F2N9O11PS/c1-32-7-30-19-12(21(32)35)9(24)4-33(19)23-17-16(40-2)11(43-23)5-41-46(36,37)44-15-10(3-31-47(38,39)45-17)42-22(13(15)25)34-8-29-14-18(26)27-6-28-20(14)34/h4,6-8,10-11,13,15-17,22-23,31H,3,5H2,1-2H3,(H,36,37)(H2,26,27,28). The van der Waals surface area contributed by atoms with Crippen LogP contribution >= 0.6 is 7.82 Å². The molecule has 7 heterocycles. The van der Waals surface area contributed by atoms with E-state index in [0.29, 0.717) is 0 Å². The molecule has 9 unspecified atom stereocenters. The largest absolute Gasteiger partial charge is 0.472 e. The molecule has 3 aliphatic heterocycles. The molecule has 9 atom stereocenters. The number of phosphoric acid groups is 1. The van der Waals surface area contributed by atoms with E-state index in [1.807, 2.05) is 0 Å². The van der Waals surface area contributed by atoms with Gasteiger partial charge >= 0.3 is 18.1 Å². The van der Waals surface area contributed by atoms with Gasteiger partial charge < -0.3 is 34.0 Å². The Morgan fingerprint density at radius 2 is 1.87 bits per heavy atom. The maximum absolute atomic E-state index is 16.0. The van der Waals surface area contributed by atoms with E-state index < -0.39 is 97.2 Å². The molecule has 3 aliphatic rings. The molecule has 4 aromatic heterocycles. The molecule has 3 saturated heterocycles. The molecule has 24 heteroatoms. The van der Waals surface area contributed by atoms with E-state index in [1.165, 1.54) is 14.2 Å². The second-order valence-electron chi connectivity index (χ2n) is 10.8. The fourth-order valence-electron chi connectivity index (χ4n) is 5.81. The number of methoxy groups -OCH3 is 1. The summed E-state index contributed by atoms with van der Waals surface area (Å²) in [6.07, 6.45) is -8.65. The summed E-state index contributed by atoms with van der Waals surface area (Å²) in [5.41, 5.74) is 5.08. The summed E-state index contributed by atoms with van der Waals surface area (Å²) >= 11 is 0. The Morgan fingerprint density at radius 1 is 1.11 bits per heavy atom. The molecule has 0 saturated carbocycles. The molecule has 7 rings (SSSR count). The van der Waals surface area contributed by atoms with Gasteiger partial charge in [0, 0.05) is 26.9 Å². The number of nitrogens with two attached hydrogens (primary N) is 1. The number of nitrogen functional groups attached to an aromatic ring is 1. The number of phosphoric ester groups is 1. The van der Waals surface area contributed by atoms with E-state index in [9.17, 15) is 22.7 Å². The fraction of sp³-hybridized carbons (Fsp3) is 0.522. The van der Waals surface area contributed by atoms with Gasteiger partial charge in [-0.3, -0.25) is 18.4 Å². The van der Waals surface area contributed by atoms with Crippen LogP contribution in [-0.2, 0) is 49.4 Å². The molecule has 20 nitrogen and oxygen atoms in total. The van der Waals surface area contributed by atoms with Gasteiger partial charge in [-0.1, -0.05) is 0 Å². The molecule has 254 valence electrons. The van der Waals surface area contributed by atoms with Crippen molar-refractivity contribution >= 4 is 46.1 Å².